The molecule has 0 spiro atoms. The van der Waals surface area contributed by atoms with Crippen molar-refractivity contribution in [2.24, 2.45) is 5.84 Å². The molecule has 4 N–H and O–H groups in total. The normalized spacial score (nSPS) is 13.7. The van der Waals surface area contributed by atoms with Crippen LogP contribution >= 0.6 is 12.2 Å². The van der Waals surface area contributed by atoms with Crippen LogP contribution in [0.2, 0.25) is 0 Å². The van der Waals surface area contributed by atoms with Crippen LogP contribution in [0.15, 0.2) is 73.1 Å². The molecular weight excluding hydrogens is 456 g/mol. The van der Waals surface area contributed by atoms with Gasteiger partial charge in [0.2, 0.25) is 0 Å². The van der Waals surface area contributed by atoms with Gasteiger partial charge < -0.3 is 15.5 Å². The standard InChI is InChI=1S/C25H26N6OS.C2H6/c26-29-25(33)28-22-6-2-5-21(14-22)23-16-27-24-15-20(7-8-31(23)24)19-4-1-3-18(13-19)17-30-9-11-32-12-10-30;1-2/h1-8,13-16H,9-12,17,26H2,(H2,28,29,33);1-2H3. The van der Waals surface area contributed by atoms with Gasteiger partial charge in [0.05, 0.1) is 25.1 Å². The lowest BCUT2D eigenvalue weighted by Gasteiger charge is -2.26. The molecule has 0 saturated carbocycles. The number of ether oxygens (including phenoxy) is 1. The molecule has 7 nitrogen and oxygen atoms in total. The molecule has 0 radical (unpaired) electrons. The number of imidazole rings is 1. The zero-order valence-electron chi connectivity index (χ0n) is 20.2. The van der Waals surface area contributed by atoms with Crippen LogP contribution in [0.5, 0.6) is 0 Å². The average Bonchev–Trinajstić information content (AvgIpc) is 3.34. The molecule has 182 valence electrons. The molecular formula is C27H32N6OS. The number of aromatic nitrogens is 2. The molecule has 0 unspecified atom stereocenters. The fourth-order valence-electron chi connectivity index (χ4n) is 4.16. The lowest BCUT2D eigenvalue weighted by atomic mass is 10.0. The summed E-state index contributed by atoms with van der Waals surface area (Å²) in [5.74, 6) is 5.37. The van der Waals surface area contributed by atoms with Crippen molar-refractivity contribution in [3.63, 3.8) is 0 Å². The SMILES string of the molecule is CC.NNC(=S)Nc1cccc(-c2cnc3cc(-c4cccc(CN5CCOCC5)c4)ccn23)c1. The second-order valence-electron chi connectivity index (χ2n) is 8.06. The third kappa shape index (κ3) is 6.04. The van der Waals surface area contributed by atoms with Crippen molar-refractivity contribution >= 4 is 28.7 Å². The maximum Gasteiger partial charge on any atom is 0.185 e. The summed E-state index contributed by atoms with van der Waals surface area (Å²) in [7, 11) is 0. The maximum absolute atomic E-state index is 5.47. The van der Waals surface area contributed by atoms with Gasteiger partial charge in [-0.25, -0.2) is 10.8 Å². The minimum absolute atomic E-state index is 0.366. The van der Waals surface area contributed by atoms with Crippen molar-refractivity contribution in [2.75, 3.05) is 31.6 Å². The number of anilines is 1. The van der Waals surface area contributed by atoms with Crippen molar-refractivity contribution in [3.05, 3.63) is 78.6 Å². The fraction of sp³-hybridized carbons (Fsp3) is 0.259. The van der Waals surface area contributed by atoms with Crippen molar-refractivity contribution in [3.8, 4) is 22.4 Å². The quantitative estimate of drug-likeness (QED) is 0.214. The Morgan fingerprint density at radius 2 is 1.74 bits per heavy atom. The second kappa shape index (κ2) is 11.9. The fourth-order valence-corrected chi connectivity index (χ4v) is 4.28. The van der Waals surface area contributed by atoms with E-state index in [0.717, 1.165) is 61.0 Å². The number of rotatable bonds is 5. The van der Waals surface area contributed by atoms with Gasteiger partial charge in [0, 0.05) is 37.1 Å². The van der Waals surface area contributed by atoms with E-state index in [-0.39, 0.29) is 0 Å². The summed E-state index contributed by atoms with van der Waals surface area (Å²) in [4.78, 5) is 7.10. The van der Waals surface area contributed by atoms with E-state index in [4.69, 9.17) is 22.8 Å². The number of nitrogens with zero attached hydrogens (tertiary/aromatic N) is 3. The molecule has 2 aromatic carbocycles. The molecule has 0 amide bonds. The molecule has 0 atom stereocenters. The Balaban J connectivity index is 0.00000141. The van der Waals surface area contributed by atoms with Crippen molar-refractivity contribution in [1.82, 2.24) is 19.7 Å². The summed E-state index contributed by atoms with van der Waals surface area (Å²) < 4.78 is 7.56. The first kappa shape index (κ1) is 24.8. The van der Waals surface area contributed by atoms with Crippen LogP contribution in [0.25, 0.3) is 28.0 Å². The van der Waals surface area contributed by atoms with E-state index in [0.29, 0.717) is 5.11 Å². The molecule has 5 rings (SSSR count). The summed E-state index contributed by atoms with van der Waals surface area (Å²) in [6.07, 6.45) is 3.97. The van der Waals surface area contributed by atoms with Gasteiger partial charge in [-0.1, -0.05) is 44.2 Å². The Labute approximate surface area is 211 Å². The van der Waals surface area contributed by atoms with Crippen molar-refractivity contribution in [2.45, 2.75) is 20.4 Å². The highest BCUT2D eigenvalue weighted by Gasteiger charge is 2.12. The van der Waals surface area contributed by atoms with Gasteiger partial charge in [0.1, 0.15) is 5.65 Å². The van der Waals surface area contributed by atoms with Crippen LogP contribution in [-0.4, -0.2) is 45.7 Å². The zero-order chi connectivity index (χ0) is 24.6. The lowest BCUT2D eigenvalue weighted by Crippen LogP contribution is -2.35. The average molecular weight is 489 g/mol. The minimum Gasteiger partial charge on any atom is -0.379 e. The number of hydrogen-bond donors (Lipinski definition) is 3. The molecule has 1 aliphatic rings. The first-order chi connectivity index (χ1) is 17.2. The Hall–Kier alpha value is -3.30. The summed E-state index contributed by atoms with van der Waals surface area (Å²) in [5.41, 5.74) is 9.90. The first-order valence-electron chi connectivity index (χ1n) is 11.9. The Bertz CT molecular complexity index is 1280. The van der Waals surface area contributed by atoms with Crippen LogP contribution in [0.1, 0.15) is 19.4 Å². The van der Waals surface area contributed by atoms with Crippen molar-refractivity contribution in [1.29, 1.82) is 0 Å². The Morgan fingerprint density at radius 1 is 1.00 bits per heavy atom. The van der Waals surface area contributed by atoms with Gasteiger partial charge >= 0.3 is 0 Å². The van der Waals surface area contributed by atoms with Crippen LogP contribution in [-0.2, 0) is 11.3 Å². The molecule has 8 heteroatoms. The monoisotopic (exact) mass is 488 g/mol. The minimum atomic E-state index is 0.366. The van der Waals surface area contributed by atoms with E-state index < -0.39 is 0 Å². The highest BCUT2D eigenvalue weighted by Crippen LogP contribution is 2.27. The highest BCUT2D eigenvalue weighted by atomic mass is 32.1. The highest BCUT2D eigenvalue weighted by molar-refractivity contribution is 7.80. The first-order valence-corrected chi connectivity index (χ1v) is 12.3. The number of pyridine rings is 1. The second-order valence-corrected chi connectivity index (χ2v) is 8.46. The largest absolute Gasteiger partial charge is 0.379 e. The van der Waals surface area contributed by atoms with E-state index in [9.17, 15) is 0 Å². The van der Waals surface area contributed by atoms with Crippen molar-refractivity contribution < 1.29 is 4.74 Å². The van der Waals surface area contributed by atoms with E-state index in [1.54, 1.807) is 0 Å². The Kier molecular flexibility index (Phi) is 8.44. The molecule has 35 heavy (non-hydrogen) atoms. The predicted molar refractivity (Wildman–Crippen MR) is 147 cm³/mol. The van der Waals surface area contributed by atoms with Crippen LogP contribution in [0.3, 0.4) is 0 Å². The number of benzene rings is 2. The van der Waals surface area contributed by atoms with Gasteiger partial charge in [-0.15, -0.1) is 0 Å². The third-order valence-electron chi connectivity index (χ3n) is 5.83. The van der Waals surface area contributed by atoms with E-state index in [1.165, 1.54) is 11.1 Å². The van der Waals surface area contributed by atoms with Crippen LogP contribution < -0.4 is 16.6 Å². The van der Waals surface area contributed by atoms with Gasteiger partial charge in [-0.05, 0) is 59.2 Å². The molecule has 1 saturated heterocycles. The third-order valence-corrected chi connectivity index (χ3v) is 6.05. The molecule has 0 aliphatic carbocycles. The van der Waals surface area contributed by atoms with Gasteiger partial charge in [-0.3, -0.25) is 9.30 Å². The van der Waals surface area contributed by atoms with Gasteiger partial charge in [0.15, 0.2) is 5.11 Å². The lowest BCUT2D eigenvalue weighted by molar-refractivity contribution is 0.0342. The molecule has 0 bridgehead atoms. The zero-order valence-corrected chi connectivity index (χ0v) is 21.0. The van der Waals surface area contributed by atoms with E-state index in [1.807, 2.05) is 38.2 Å². The summed E-state index contributed by atoms with van der Waals surface area (Å²) in [5, 5.41) is 3.43. The van der Waals surface area contributed by atoms with E-state index >= 15 is 0 Å². The molecule has 2 aromatic heterocycles. The maximum atomic E-state index is 5.47. The van der Waals surface area contributed by atoms with Crippen LogP contribution in [0.4, 0.5) is 5.69 Å². The summed E-state index contributed by atoms with van der Waals surface area (Å²) >= 11 is 5.10. The van der Waals surface area contributed by atoms with E-state index in [2.05, 4.69) is 73.7 Å². The number of hydrogen-bond acceptors (Lipinski definition) is 5. The summed E-state index contributed by atoms with van der Waals surface area (Å²) in [6, 6.07) is 21.0. The molecule has 1 aliphatic heterocycles. The smallest absolute Gasteiger partial charge is 0.185 e. The number of nitrogens with one attached hydrogen (secondary N) is 2. The molecule has 3 heterocycles. The van der Waals surface area contributed by atoms with Gasteiger partial charge in [-0.2, -0.15) is 0 Å². The number of hydrazine groups is 1. The Morgan fingerprint density at radius 3 is 2.54 bits per heavy atom. The molecule has 4 aromatic rings. The number of fused-ring (bicyclic) bond motifs is 1. The number of nitrogens with two attached hydrogens (primary N) is 1. The predicted octanol–water partition coefficient (Wildman–Crippen LogP) is 4.69. The number of morpholine rings is 1. The van der Waals surface area contributed by atoms with Crippen LogP contribution in [0, 0.1) is 0 Å². The topological polar surface area (TPSA) is 79.8 Å². The molecule has 1 fully saturated rings. The summed E-state index contributed by atoms with van der Waals surface area (Å²) in [6.45, 7) is 8.54. The number of thiocarbonyl (C=S) groups is 1. The van der Waals surface area contributed by atoms with Gasteiger partial charge in [0.25, 0.3) is 0 Å².